The Hall–Kier alpha value is -0.283. The molecule has 9 heteroatoms. The van der Waals surface area contributed by atoms with Crippen LogP contribution in [0.3, 0.4) is 0 Å². The number of thiocarbonyl (C=S) groups is 1. The lowest BCUT2D eigenvalue weighted by Gasteiger charge is -2.29. The standard InChI is InChI=1S/C13H24F3NO2S2Si.CH4/c1-6-19-12(20)21-10(8-22(3,4)5)7-11(13(14,15)16)17-9(2)18;/h10-11H,6-8H2,1-5H3,(H,17,18);1H4. The van der Waals surface area contributed by atoms with E-state index in [0.29, 0.717) is 12.7 Å². The molecule has 1 N–H and O–H groups in total. The Kier molecular flexibility index (Phi) is 11.5. The van der Waals surface area contributed by atoms with Gasteiger partial charge >= 0.3 is 6.18 Å². The molecule has 0 fully saturated rings. The lowest BCUT2D eigenvalue weighted by Crippen LogP contribution is -2.46. The number of hydrogen-bond donors (Lipinski definition) is 1. The van der Waals surface area contributed by atoms with Gasteiger partial charge in [0, 0.05) is 20.2 Å². The normalized spacial score (nSPS) is 14.4. The summed E-state index contributed by atoms with van der Waals surface area (Å²) in [6.45, 7) is 9.52. The van der Waals surface area contributed by atoms with Crippen LogP contribution in [0.5, 0.6) is 0 Å². The second-order valence-electron chi connectivity index (χ2n) is 6.22. The summed E-state index contributed by atoms with van der Waals surface area (Å²) >= 11 is 6.20. The Morgan fingerprint density at radius 2 is 1.87 bits per heavy atom. The van der Waals surface area contributed by atoms with Gasteiger partial charge in [-0.25, -0.2) is 0 Å². The van der Waals surface area contributed by atoms with Crippen LogP contribution in [0.1, 0.15) is 27.7 Å². The fourth-order valence-electron chi connectivity index (χ4n) is 1.93. The molecule has 0 bridgehead atoms. The van der Waals surface area contributed by atoms with Gasteiger partial charge in [0.15, 0.2) is 0 Å². The number of hydrogen-bond acceptors (Lipinski definition) is 4. The van der Waals surface area contributed by atoms with Crippen LogP contribution in [-0.4, -0.2) is 42.4 Å². The van der Waals surface area contributed by atoms with E-state index < -0.39 is 26.2 Å². The third-order valence-corrected chi connectivity index (χ3v) is 6.06. The molecule has 0 aliphatic heterocycles. The van der Waals surface area contributed by atoms with Gasteiger partial charge in [0.2, 0.25) is 10.3 Å². The van der Waals surface area contributed by atoms with Gasteiger partial charge in [-0.05, 0) is 31.6 Å². The second-order valence-corrected chi connectivity index (χ2v) is 13.7. The van der Waals surface area contributed by atoms with Crippen LogP contribution in [0.25, 0.3) is 0 Å². The van der Waals surface area contributed by atoms with Gasteiger partial charge < -0.3 is 10.1 Å². The molecule has 2 atom stereocenters. The van der Waals surface area contributed by atoms with E-state index in [-0.39, 0.29) is 23.5 Å². The quantitative estimate of drug-likeness (QED) is 0.498. The van der Waals surface area contributed by atoms with Crippen molar-refractivity contribution in [3.8, 4) is 0 Å². The molecule has 0 rings (SSSR count). The fourth-order valence-corrected chi connectivity index (χ4v) is 6.57. The number of carbonyl (C=O) groups is 1. The molecule has 0 aromatic heterocycles. The molecule has 0 heterocycles. The van der Waals surface area contributed by atoms with Gasteiger partial charge in [-0.2, -0.15) is 13.2 Å². The first-order chi connectivity index (χ1) is 9.85. The van der Waals surface area contributed by atoms with E-state index >= 15 is 0 Å². The maximum Gasteiger partial charge on any atom is 0.408 e. The van der Waals surface area contributed by atoms with Crippen LogP contribution in [0, 0.1) is 0 Å². The van der Waals surface area contributed by atoms with E-state index in [0.717, 1.165) is 18.7 Å². The average molecular weight is 392 g/mol. The largest absolute Gasteiger partial charge is 0.479 e. The van der Waals surface area contributed by atoms with Crippen molar-refractivity contribution in [2.75, 3.05) is 6.61 Å². The Labute approximate surface area is 148 Å². The number of amides is 1. The number of carbonyl (C=O) groups excluding carboxylic acids is 1. The van der Waals surface area contributed by atoms with Crippen molar-refractivity contribution in [2.45, 2.75) is 70.8 Å². The molecule has 0 spiro atoms. The maximum atomic E-state index is 13.1. The highest BCUT2D eigenvalue weighted by Crippen LogP contribution is 2.32. The number of ether oxygens (including phenoxy) is 1. The Balaban J connectivity index is 0. The number of nitrogens with one attached hydrogen (secondary N) is 1. The van der Waals surface area contributed by atoms with Crippen molar-refractivity contribution >= 4 is 42.3 Å². The van der Waals surface area contributed by atoms with Crippen molar-refractivity contribution in [1.29, 1.82) is 0 Å². The zero-order valence-corrected chi connectivity index (χ0v) is 16.2. The van der Waals surface area contributed by atoms with Crippen molar-refractivity contribution in [2.24, 2.45) is 0 Å². The SMILES string of the molecule is C.CCOC(=S)SC(CC(NC(C)=O)C(F)(F)F)C[Si](C)(C)C. The van der Waals surface area contributed by atoms with Crippen LogP contribution in [0.4, 0.5) is 13.2 Å². The lowest BCUT2D eigenvalue weighted by atomic mass is 10.1. The summed E-state index contributed by atoms with van der Waals surface area (Å²) in [5.41, 5.74) is 0. The van der Waals surface area contributed by atoms with Gasteiger partial charge in [0.25, 0.3) is 0 Å². The van der Waals surface area contributed by atoms with Gasteiger partial charge in [-0.3, -0.25) is 4.79 Å². The van der Waals surface area contributed by atoms with Crippen LogP contribution in [0.15, 0.2) is 0 Å². The molecule has 3 nitrogen and oxygen atoms in total. The molecule has 0 aromatic carbocycles. The molecule has 0 aromatic rings. The van der Waals surface area contributed by atoms with Crippen molar-refractivity contribution in [3.63, 3.8) is 0 Å². The highest BCUT2D eigenvalue weighted by atomic mass is 32.2. The smallest absolute Gasteiger partial charge is 0.408 e. The van der Waals surface area contributed by atoms with Crippen LogP contribution >= 0.6 is 24.0 Å². The van der Waals surface area contributed by atoms with Gasteiger partial charge in [-0.1, -0.05) is 38.8 Å². The van der Waals surface area contributed by atoms with Crippen molar-refractivity contribution in [1.82, 2.24) is 5.32 Å². The zero-order chi connectivity index (χ0) is 17.6. The molecule has 0 aliphatic rings. The Bertz CT molecular complexity index is 387. The van der Waals surface area contributed by atoms with E-state index in [2.05, 4.69) is 19.6 Å². The van der Waals surface area contributed by atoms with Gasteiger partial charge in [0.1, 0.15) is 6.04 Å². The number of thioether (sulfide) groups is 1. The highest BCUT2D eigenvalue weighted by Gasteiger charge is 2.42. The highest BCUT2D eigenvalue weighted by molar-refractivity contribution is 8.23. The van der Waals surface area contributed by atoms with Crippen molar-refractivity contribution in [3.05, 3.63) is 0 Å². The maximum absolute atomic E-state index is 13.1. The molecule has 23 heavy (non-hydrogen) atoms. The summed E-state index contributed by atoms with van der Waals surface area (Å²) in [7, 11) is -1.59. The van der Waals surface area contributed by atoms with Crippen LogP contribution < -0.4 is 5.32 Å². The van der Waals surface area contributed by atoms with Gasteiger partial charge in [0.05, 0.1) is 6.61 Å². The summed E-state index contributed by atoms with van der Waals surface area (Å²) < 4.78 is 44.7. The number of rotatable bonds is 7. The van der Waals surface area contributed by atoms with Crippen LogP contribution in [0.2, 0.25) is 25.7 Å². The Morgan fingerprint density at radius 1 is 1.35 bits per heavy atom. The second kappa shape index (κ2) is 10.6. The third-order valence-electron chi connectivity index (χ3n) is 2.64. The topological polar surface area (TPSA) is 38.3 Å². The van der Waals surface area contributed by atoms with Gasteiger partial charge in [-0.15, -0.1) is 0 Å². The first kappa shape index (κ1) is 25.0. The van der Waals surface area contributed by atoms with Crippen molar-refractivity contribution < 1.29 is 22.7 Å². The molecule has 0 radical (unpaired) electrons. The summed E-state index contributed by atoms with van der Waals surface area (Å²) in [6.07, 6.45) is -4.68. The molecule has 0 aliphatic carbocycles. The van der Waals surface area contributed by atoms with E-state index in [4.69, 9.17) is 17.0 Å². The lowest BCUT2D eigenvalue weighted by molar-refractivity contribution is -0.162. The summed E-state index contributed by atoms with van der Waals surface area (Å²) in [6, 6.07) is -1.19. The molecular weight excluding hydrogens is 363 g/mol. The first-order valence-electron chi connectivity index (χ1n) is 7.02. The predicted molar refractivity (Wildman–Crippen MR) is 98.8 cm³/mol. The van der Waals surface area contributed by atoms with E-state index in [1.54, 1.807) is 6.92 Å². The minimum Gasteiger partial charge on any atom is -0.479 e. The molecule has 0 saturated heterocycles. The number of alkyl halides is 3. The summed E-state index contributed by atoms with van der Waals surface area (Å²) in [5.74, 6) is -0.688. The molecule has 1 amide bonds. The molecule has 2 unspecified atom stereocenters. The number of halogens is 3. The Morgan fingerprint density at radius 3 is 2.22 bits per heavy atom. The molecule has 0 saturated carbocycles. The summed E-state index contributed by atoms with van der Waals surface area (Å²) in [5, 5.41) is 1.67. The monoisotopic (exact) mass is 391 g/mol. The van der Waals surface area contributed by atoms with E-state index in [1.807, 2.05) is 5.32 Å². The van der Waals surface area contributed by atoms with Crippen LogP contribution in [-0.2, 0) is 9.53 Å². The van der Waals surface area contributed by atoms with E-state index in [9.17, 15) is 18.0 Å². The minimum atomic E-state index is -4.48. The first-order valence-corrected chi connectivity index (χ1v) is 12.0. The predicted octanol–water partition coefficient (Wildman–Crippen LogP) is 4.84. The zero-order valence-electron chi connectivity index (χ0n) is 13.5. The fraction of sp³-hybridized carbons (Fsp3) is 0.857. The van der Waals surface area contributed by atoms with E-state index in [1.165, 1.54) is 0 Å². The minimum absolute atomic E-state index is 0. The third kappa shape index (κ3) is 12.8. The summed E-state index contributed by atoms with van der Waals surface area (Å²) in [4.78, 5) is 11.0. The average Bonchev–Trinajstić information content (AvgIpc) is 2.23. The molecule has 138 valence electrons. The molecular formula is C14H28F3NO2S2Si.